The molecule has 2 N–H and O–H groups in total. The number of hydrogen-bond acceptors (Lipinski definition) is 5. The minimum atomic E-state index is -0.208. The van der Waals surface area contributed by atoms with Gasteiger partial charge in [-0.15, -0.1) is 5.10 Å². The Hall–Kier alpha value is -2.19. The van der Waals surface area contributed by atoms with Gasteiger partial charge in [-0.2, -0.15) is 0 Å². The summed E-state index contributed by atoms with van der Waals surface area (Å²) in [5, 5.41) is 12.8. The quantitative estimate of drug-likeness (QED) is 0.697. The van der Waals surface area contributed by atoms with Crippen LogP contribution in [0.2, 0.25) is 0 Å². The van der Waals surface area contributed by atoms with Gasteiger partial charge in [-0.05, 0) is 43.3 Å². The number of nitrogens with zero attached hydrogens (tertiary/aromatic N) is 4. The monoisotopic (exact) mass is 376 g/mol. The van der Waals surface area contributed by atoms with Gasteiger partial charge < -0.3 is 19.3 Å². The van der Waals surface area contributed by atoms with Crippen molar-refractivity contribution >= 4 is 0 Å². The van der Waals surface area contributed by atoms with Crippen LogP contribution in [-0.4, -0.2) is 67.7 Å². The number of para-hydroxylation sites is 1. The predicted octanol–water partition coefficient (Wildman–Crippen LogP) is -1.05. The molecule has 1 aliphatic rings. The topological polar surface area (TPSA) is 70.9 Å². The normalized spacial score (nSPS) is 21.7. The maximum Gasteiger partial charge on any atom is 0.214 e. The van der Waals surface area contributed by atoms with Crippen molar-refractivity contribution in [2.45, 2.75) is 32.4 Å². The van der Waals surface area contributed by atoms with Gasteiger partial charge in [0.05, 0.1) is 32.4 Å². The molecule has 0 unspecified atom stereocenters. The fraction of sp³-hybridized carbons (Fsp3) is 0.632. The molecule has 27 heavy (non-hydrogen) atoms. The molecule has 0 amide bonds. The highest BCUT2D eigenvalue weighted by Crippen LogP contribution is 2.36. The molecule has 1 atom stereocenters. The number of rotatable bonds is 5. The van der Waals surface area contributed by atoms with E-state index in [0.717, 1.165) is 49.1 Å². The Labute approximate surface area is 161 Å². The van der Waals surface area contributed by atoms with E-state index in [1.165, 1.54) is 4.90 Å². The first kappa shape index (κ1) is 19.6. The van der Waals surface area contributed by atoms with E-state index >= 15 is 0 Å². The molecule has 0 aliphatic carbocycles. The van der Waals surface area contributed by atoms with Crippen LogP contribution in [0.1, 0.15) is 38.2 Å². The number of hydrogen-bond donors (Lipinski definition) is 2. The molecule has 1 fully saturated rings. The number of benzene rings is 1. The summed E-state index contributed by atoms with van der Waals surface area (Å²) in [5.41, 5.74) is 0.854. The number of methoxy groups -OCH3 is 2. The number of ether oxygens (including phenoxy) is 2. The summed E-state index contributed by atoms with van der Waals surface area (Å²) in [6.07, 6.45) is 0. The average Bonchev–Trinajstić information content (AvgIpc) is 3.13. The Balaban J connectivity index is 2.14. The third-order valence-electron chi connectivity index (χ3n) is 5.29. The third kappa shape index (κ3) is 3.91. The van der Waals surface area contributed by atoms with Gasteiger partial charge in [-0.3, -0.25) is 0 Å². The lowest BCUT2D eigenvalue weighted by Gasteiger charge is -2.34. The number of piperazine rings is 1. The van der Waals surface area contributed by atoms with Gasteiger partial charge in [0, 0.05) is 0 Å². The zero-order chi connectivity index (χ0) is 19.6. The van der Waals surface area contributed by atoms with Gasteiger partial charge in [0.25, 0.3) is 0 Å². The predicted molar refractivity (Wildman–Crippen MR) is 102 cm³/mol. The van der Waals surface area contributed by atoms with Gasteiger partial charge >= 0.3 is 0 Å². The van der Waals surface area contributed by atoms with Gasteiger partial charge in [-0.1, -0.05) is 6.07 Å². The summed E-state index contributed by atoms with van der Waals surface area (Å²) in [5.74, 6) is 2.35. The molecule has 1 aliphatic heterocycles. The first-order valence-electron chi connectivity index (χ1n) is 9.52. The summed E-state index contributed by atoms with van der Waals surface area (Å²) in [4.78, 5) is 3.01. The molecule has 8 nitrogen and oxygen atoms in total. The Morgan fingerprint density at radius 1 is 1.07 bits per heavy atom. The Bertz CT molecular complexity index is 762. The molecular weight excluding hydrogens is 344 g/mol. The average molecular weight is 377 g/mol. The molecule has 3 rings (SSSR count). The van der Waals surface area contributed by atoms with Crippen LogP contribution in [0, 0.1) is 0 Å². The molecule has 2 heterocycles. The van der Waals surface area contributed by atoms with Crippen LogP contribution in [0.5, 0.6) is 11.5 Å². The summed E-state index contributed by atoms with van der Waals surface area (Å²) in [7, 11) is 5.60. The standard InChI is InChI=1S/C19H30N6O2/c1-19(2,3)25-18(20-21-22-25)16(24-12-10-23(4)11-13-24)14-8-7-9-15(26-5)17(14)27-6/h7-9,16H,10-13H2,1-6H3/p+2/t16-/m0/s1. The highest BCUT2D eigenvalue weighted by molar-refractivity contribution is 5.48. The van der Waals surface area contributed by atoms with E-state index < -0.39 is 0 Å². The van der Waals surface area contributed by atoms with Crippen molar-refractivity contribution in [1.82, 2.24) is 20.2 Å². The van der Waals surface area contributed by atoms with Gasteiger partial charge in [0.2, 0.25) is 5.82 Å². The summed E-state index contributed by atoms with van der Waals surface area (Å²) in [6.45, 7) is 10.7. The largest absolute Gasteiger partial charge is 0.493 e. The van der Waals surface area contributed by atoms with E-state index in [0.29, 0.717) is 0 Å². The summed E-state index contributed by atoms with van der Waals surface area (Å²) >= 11 is 0. The van der Waals surface area contributed by atoms with Crippen molar-refractivity contribution in [3.05, 3.63) is 29.6 Å². The molecule has 0 spiro atoms. The van der Waals surface area contributed by atoms with E-state index in [-0.39, 0.29) is 11.6 Å². The van der Waals surface area contributed by atoms with Crippen molar-refractivity contribution < 1.29 is 19.3 Å². The van der Waals surface area contributed by atoms with Gasteiger partial charge in [0.15, 0.2) is 17.5 Å². The second-order valence-corrected chi connectivity index (χ2v) is 8.25. The molecule has 0 bridgehead atoms. The Kier molecular flexibility index (Phi) is 5.67. The molecule has 148 valence electrons. The fourth-order valence-corrected chi connectivity index (χ4v) is 3.82. The second kappa shape index (κ2) is 7.82. The SMILES string of the molecule is COc1cccc([C@@H](c2nnnn2C(C)(C)C)[NH+]2CC[NH+](C)CC2)c1OC. The molecule has 8 heteroatoms. The van der Waals surface area contributed by atoms with Crippen molar-refractivity contribution in [2.24, 2.45) is 0 Å². The van der Waals surface area contributed by atoms with Crippen molar-refractivity contribution in [2.75, 3.05) is 47.4 Å². The van der Waals surface area contributed by atoms with E-state index in [2.05, 4.69) is 49.4 Å². The van der Waals surface area contributed by atoms with Crippen LogP contribution < -0.4 is 19.3 Å². The maximum absolute atomic E-state index is 5.76. The van der Waals surface area contributed by atoms with Crippen LogP contribution in [0.4, 0.5) is 0 Å². The van der Waals surface area contributed by atoms with Crippen molar-refractivity contribution in [3.63, 3.8) is 0 Å². The summed E-state index contributed by atoms with van der Waals surface area (Å²) < 4.78 is 13.3. The number of tetrazole rings is 1. The Morgan fingerprint density at radius 3 is 2.37 bits per heavy atom. The Morgan fingerprint density at radius 2 is 1.78 bits per heavy atom. The van der Waals surface area contributed by atoms with E-state index in [4.69, 9.17) is 9.47 Å². The highest BCUT2D eigenvalue weighted by atomic mass is 16.5. The van der Waals surface area contributed by atoms with Gasteiger partial charge in [0.1, 0.15) is 26.2 Å². The second-order valence-electron chi connectivity index (χ2n) is 8.25. The summed E-state index contributed by atoms with van der Waals surface area (Å²) in [6, 6.07) is 6.02. The molecule has 2 aromatic rings. The minimum Gasteiger partial charge on any atom is -0.493 e. The first-order valence-corrected chi connectivity index (χ1v) is 9.52. The van der Waals surface area contributed by atoms with Crippen LogP contribution in [0.15, 0.2) is 18.2 Å². The molecule has 1 aromatic carbocycles. The lowest BCUT2D eigenvalue weighted by Crippen LogP contribution is -3.27. The number of quaternary nitrogens is 2. The smallest absolute Gasteiger partial charge is 0.214 e. The van der Waals surface area contributed by atoms with Crippen molar-refractivity contribution in [1.29, 1.82) is 0 Å². The molecule has 0 saturated carbocycles. The fourth-order valence-electron chi connectivity index (χ4n) is 3.82. The van der Waals surface area contributed by atoms with Crippen LogP contribution in [0.3, 0.4) is 0 Å². The number of likely N-dealkylation sites (N-methyl/N-ethyl adjacent to an activating group) is 1. The number of aromatic nitrogens is 4. The van der Waals surface area contributed by atoms with E-state index in [1.54, 1.807) is 19.1 Å². The van der Waals surface area contributed by atoms with Crippen LogP contribution in [-0.2, 0) is 5.54 Å². The van der Waals surface area contributed by atoms with E-state index in [1.807, 2.05) is 16.8 Å². The molecule has 0 radical (unpaired) electrons. The number of nitrogens with one attached hydrogen (secondary N) is 2. The molecule has 1 aromatic heterocycles. The van der Waals surface area contributed by atoms with Gasteiger partial charge in [-0.25, -0.2) is 4.68 Å². The zero-order valence-corrected chi connectivity index (χ0v) is 17.2. The molecular formula is C19H32N6O2+2. The first-order chi connectivity index (χ1) is 12.9. The highest BCUT2D eigenvalue weighted by Gasteiger charge is 2.39. The lowest BCUT2D eigenvalue weighted by atomic mass is 10.00. The lowest BCUT2D eigenvalue weighted by molar-refractivity contribution is -1.02. The van der Waals surface area contributed by atoms with Crippen LogP contribution >= 0.6 is 0 Å². The van der Waals surface area contributed by atoms with E-state index in [9.17, 15) is 0 Å². The van der Waals surface area contributed by atoms with Crippen molar-refractivity contribution in [3.8, 4) is 11.5 Å². The zero-order valence-electron chi connectivity index (χ0n) is 17.2. The third-order valence-corrected chi connectivity index (χ3v) is 5.29. The minimum absolute atomic E-state index is 0.0163. The van der Waals surface area contributed by atoms with Crippen LogP contribution in [0.25, 0.3) is 0 Å². The maximum atomic E-state index is 5.76. The molecule has 1 saturated heterocycles.